The number of carbonyl (C=O) groups excluding carboxylic acids is 2. The molecule has 0 radical (unpaired) electrons. The van der Waals surface area contributed by atoms with Crippen LogP contribution in [-0.4, -0.2) is 49.4 Å². The van der Waals surface area contributed by atoms with Crippen molar-refractivity contribution in [1.29, 1.82) is 0 Å². The molecule has 0 aliphatic carbocycles. The van der Waals surface area contributed by atoms with Gasteiger partial charge in [0, 0.05) is 32.6 Å². The summed E-state index contributed by atoms with van der Waals surface area (Å²) in [7, 11) is 0. The molecule has 0 aromatic rings. The number of piperidine rings is 1. The second-order valence-corrected chi connectivity index (χ2v) is 5.88. The van der Waals surface area contributed by atoms with Gasteiger partial charge in [-0.1, -0.05) is 6.42 Å². The van der Waals surface area contributed by atoms with E-state index in [1.165, 1.54) is 0 Å². The molecule has 2 saturated heterocycles. The molecule has 6 heteroatoms. The molecule has 2 N–H and O–H groups in total. The van der Waals surface area contributed by atoms with Crippen molar-refractivity contribution >= 4 is 24.2 Å². The molecule has 0 bridgehead atoms. The van der Waals surface area contributed by atoms with Gasteiger partial charge < -0.3 is 15.5 Å². The van der Waals surface area contributed by atoms with Gasteiger partial charge in [-0.25, -0.2) is 0 Å². The van der Waals surface area contributed by atoms with Gasteiger partial charge in [0.1, 0.15) is 0 Å². The van der Waals surface area contributed by atoms with Crippen LogP contribution in [0.2, 0.25) is 0 Å². The molecule has 2 amide bonds. The van der Waals surface area contributed by atoms with Crippen molar-refractivity contribution in [1.82, 2.24) is 15.5 Å². The largest absolute Gasteiger partial charge is 0.356 e. The second-order valence-electron chi connectivity index (χ2n) is 5.88. The van der Waals surface area contributed by atoms with Gasteiger partial charge in [0.15, 0.2) is 0 Å². The van der Waals surface area contributed by atoms with Crippen LogP contribution in [-0.2, 0) is 9.59 Å². The van der Waals surface area contributed by atoms with Crippen LogP contribution in [0, 0.1) is 5.92 Å². The molecule has 2 fully saturated rings. The fourth-order valence-electron chi connectivity index (χ4n) is 2.98. The number of nitrogens with one attached hydrogen (secondary N) is 2. The molecule has 0 aromatic heterocycles. The Kier molecular flexibility index (Phi) is 8.69. The zero-order valence-corrected chi connectivity index (χ0v) is 13.6. The number of carbonyl (C=O) groups is 2. The van der Waals surface area contributed by atoms with Crippen LogP contribution in [0.15, 0.2) is 0 Å². The lowest BCUT2D eigenvalue weighted by Crippen LogP contribution is -2.41. The van der Waals surface area contributed by atoms with Gasteiger partial charge in [-0.05, 0) is 38.6 Å². The van der Waals surface area contributed by atoms with Crippen LogP contribution in [0.5, 0.6) is 0 Å². The van der Waals surface area contributed by atoms with Crippen LogP contribution in [0.25, 0.3) is 0 Å². The van der Waals surface area contributed by atoms with Gasteiger partial charge in [-0.15, -0.1) is 12.4 Å². The van der Waals surface area contributed by atoms with Gasteiger partial charge in [0.2, 0.25) is 11.8 Å². The fraction of sp³-hybridized carbons (Fsp3) is 0.867. The Morgan fingerprint density at radius 2 is 2.14 bits per heavy atom. The first-order valence-electron chi connectivity index (χ1n) is 8.03. The van der Waals surface area contributed by atoms with Crippen LogP contribution < -0.4 is 10.6 Å². The molecule has 0 saturated carbocycles. The topological polar surface area (TPSA) is 61.4 Å². The molecule has 2 aliphatic heterocycles. The van der Waals surface area contributed by atoms with Crippen LogP contribution in [0.1, 0.15) is 44.9 Å². The third kappa shape index (κ3) is 6.22. The Hall–Kier alpha value is -0.810. The van der Waals surface area contributed by atoms with Crippen molar-refractivity contribution < 1.29 is 9.59 Å². The number of amides is 2. The first-order chi connectivity index (χ1) is 9.77. The van der Waals surface area contributed by atoms with Crippen LogP contribution >= 0.6 is 12.4 Å². The number of likely N-dealkylation sites (tertiary alicyclic amines) is 1. The highest BCUT2D eigenvalue weighted by atomic mass is 35.5. The molecule has 1 unspecified atom stereocenters. The average Bonchev–Trinajstić information content (AvgIpc) is 2.69. The van der Waals surface area contributed by atoms with E-state index in [1.807, 2.05) is 4.90 Å². The van der Waals surface area contributed by atoms with E-state index >= 15 is 0 Å². The Bertz CT molecular complexity index is 333. The highest BCUT2D eigenvalue weighted by Gasteiger charge is 2.20. The summed E-state index contributed by atoms with van der Waals surface area (Å²) in [4.78, 5) is 25.7. The molecule has 21 heavy (non-hydrogen) atoms. The molecule has 122 valence electrons. The summed E-state index contributed by atoms with van der Waals surface area (Å²) in [6.07, 6.45) is 6.93. The number of rotatable bonds is 5. The summed E-state index contributed by atoms with van der Waals surface area (Å²) in [5.74, 6) is 0.577. The lowest BCUT2D eigenvalue weighted by atomic mass is 9.99. The number of halogens is 1. The molecule has 5 nitrogen and oxygen atoms in total. The van der Waals surface area contributed by atoms with E-state index in [4.69, 9.17) is 0 Å². The standard InChI is InChI=1S/C15H27N3O2.ClH/c19-14-7-2-1-3-10-18(14)11-5-9-17-15(20)13-6-4-8-16-12-13;/h13,16H,1-12H2,(H,17,20);1H. The number of hydrogen-bond donors (Lipinski definition) is 2. The Balaban J connectivity index is 0.00000220. The summed E-state index contributed by atoms with van der Waals surface area (Å²) in [5, 5.41) is 6.26. The lowest BCUT2D eigenvalue weighted by molar-refractivity contribution is -0.130. The third-order valence-corrected chi connectivity index (χ3v) is 4.24. The van der Waals surface area contributed by atoms with Crippen molar-refractivity contribution in [3.8, 4) is 0 Å². The highest BCUT2D eigenvalue weighted by molar-refractivity contribution is 5.85. The van der Waals surface area contributed by atoms with Gasteiger partial charge in [-0.3, -0.25) is 9.59 Å². The molecule has 0 aromatic carbocycles. The Morgan fingerprint density at radius 3 is 2.90 bits per heavy atom. The average molecular weight is 318 g/mol. The third-order valence-electron chi connectivity index (χ3n) is 4.24. The maximum absolute atomic E-state index is 11.9. The maximum atomic E-state index is 11.9. The first-order valence-corrected chi connectivity index (χ1v) is 8.03. The quantitative estimate of drug-likeness (QED) is 0.752. The normalized spacial score (nSPS) is 23.1. The fourth-order valence-corrected chi connectivity index (χ4v) is 2.98. The molecular formula is C15H28ClN3O2. The van der Waals surface area contributed by atoms with Gasteiger partial charge in [-0.2, -0.15) is 0 Å². The van der Waals surface area contributed by atoms with Gasteiger partial charge in [0.05, 0.1) is 5.92 Å². The summed E-state index contributed by atoms with van der Waals surface area (Å²) >= 11 is 0. The van der Waals surface area contributed by atoms with E-state index < -0.39 is 0 Å². The second kappa shape index (κ2) is 10.0. The van der Waals surface area contributed by atoms with Crippen LogP contribution in [0.4, 0.5) is 0 Å². The van der Waals surface area contributed by atoms with Crippen molar-refractivity contribution in [3.63, 3.8) is 0 Å². The van der Waals surface area contributed by atoms with E-state index in [0.717, 1.165) is 64.7 Å². The van der Waals surface area contributed by atoms with Crippen molar-refractivity contribution in [2.45, 2.75) is 44.9 Å². The zero-order chi connectivity index (χ0) is 14.2. The van der Waals surface area contributed by atoms with Crippen molar-refractivity contribution in [3.05, 3.63) is 0 Å². The summed E-state index contributed by atoms with van der Waals surface area (Å²) < 4.78 is 0. The van der Waals surface area contributed by atoms with Crippen molar-refractivity contribution in [2.24, 2.45) is 5.92 Å². The zero-order valence-electron chi connectivity index (χ0n) is 12.7. The number of nitrogens with zero attached hydrogens (tertiary/aromatic N) is 1. The van der Waals surface area contributed by atoms with Crippen LogP contribution in [0.3, 0.4) is 0 Å². The van der Waals surface area contributed by atoms with E-state index in [1.54, 1.807) is 0 Å². The predicted octanol–water partition coefficient (Wildman–Crippen LogP) is 1.32. The smallest absolute Gasteiger partial charge is 0.224 e. The summed E-state index contributed by atoms with van der Waals surface area (Å²) in [5.41, 5.74) is 0. The first kappa shape index (κ1) is 18.2. The molecule has 2 aliphatic rings. The maximum Gasteiger partial charge on any atom is 0.224 e. The van der Waals surface area contributed by atoms with Gasteiger partial charge in [0.25, 0.3) is 0 Å². The van der Waals surface area contributed by atoms with E-state index in [-0.39, 0.29) is 30.1 Å². The number of hydrogen-bond acceptors (Lipinski definition) is 3. The minimum absolute atomic E-state index is 0. The molecule has 1 atom stereocenters. The predicted molar refractivity (Wildman–Crippen MR) is 85.5 cm³/mol. The Labute approximate surface area is 133 Å². The van der Waals surface area contributed by atoms with E-state index in [9.17, 15) is 9.59 Å². The minimum atomic E-state index is 0. The molecule has 2 rings (SSSR count). The molecule has 0 spiro atoms. The molecular weight excluding hydrogens is 290 g/mol. The summed E-state index contributed by atoms with van der Waals surface area (Å²) in [6, 6.07) is 0. The highest BCUT2D eigenvalue weighted by Crippen LogP contribution is 2.12. The molecule has 2 heterocycles. The lowest BCUT2D eigenvalue weighted by Gasteiger charge is -2.23. The SMILES string of the molecule is Cl.O=C(NCCCN1CCCCCC1=O)C1CCCNC1. The van der Waals surface area contributed by atoms with E-state index in [2.05, 4.69) is 10.6 Å². The van der Waals surface area contributed by atoms with Gasteiger partial charge >= 0.3 is 0 Å². The Morgan fingerprint density at radius 1 is 1.29 bits per heavy atom. The minimum Gasteiger partial charge on any atom is -0.356 e. The summed E-state index contributed by atoms with van der Waals surface area (Å²) in [6.45, 7) is 4.18. The monoisotopic (exact) mass is 317 g/mol. The van der Waals surface area contributed by atoms with Crippen molar-refractivity contribution in [2.75, 3.05) is 32.7 Å². The van der Waals surface area contributed by atoms with E-state index in [0.29, 0.717) is 13.0 Å².